The Morgan fingerprint density at radius 2 is 1.62 bits per heavy atom. The Hall–Kier alpha value is -0.455. The van der Waals surface area contributed by atoms with Crippen LogP contribution in [-0.4, -0.2) is 31.4 Å². The molecule has 2 rings (SSSR count). The van der Waals surface area contributed by atoms with Crippen LogP contribution >= 0.6 is 34.8 Å². The third kappa shape index (κ3) is 3.70. The summed E-state index contributed by atoms with van der Waals surface area (Å²) >= 11 is 18.8. The van der Waals surface area contributed by atoms with Crippen molar-refractivity contribution in [1.82, 2.24) is 0 Å². The van der Waals surface area contributed by atoms with E-state index in [4.69, 9.17) is 48.8 Å². The number of rotatable bonds is 4. The van der Waals surface area contributed by atoms with Gasteiger partial charge in [0.1, 0.15) is 0 Å². The van der Waals surface area contributed by atoms with Gasteiger partial charge in [-0.05, 0) is 45.4 Å². The summed E-state index contributed by atoms with van der Waals surface area (Å²) in [6.45, 7) is 7.74. The second-order valence-electron chi connectivity index (χ2n) is 6.77. The minimum absolute atomic E-state index is 0.00705. The van der Waals surface area contributed by atoms with E-state index in [0.29, 0.717) is 15.6 Å². The summed E-state index contributed by atoms with van der Waals surface area (Å²) in [4.78, 5) is 11.9. The van der Waals surface area contributed by atoms with Crippen LogP contribution in [0, 0.1) is 0 Å². The Morgan fingerprint density at radius 3 is 2.12 bits per heavy atom. The first-order valence-corrected chi connectivity index (χ1v) is 8.69. The highest BCUT2D eigenvalue weighted by molar-refractivity contribution is 6.50. The SMILES string of the molecule is COC(=O)CC(B1OC(C)(C)C(C)(C)O1)c1c(Cl)ccc(Cl)c1Cl. The molecule has 1 atom stereocenters. The topological polar surface area (TPSA) is 44.8 Å². The van der Waals surface area contributed by atoms with Gasteiger partial charge in [-0.25, -0.2) is 0 Å². The fourth-order valence-electron chi connectivity index (χ4n) is 2.53. The molecule has 0 aliphatic carbocycles. The largest absolute Gasteiger partial charge is 0.469 e. The molecule has 1 fully saturated rings. The van der Waals surface area contributed by atoms with Gasteiger partial charge >= 0.3 is 13.1 Å². The van der Waals surface area contributed by atoms with E-state index in [1.165, 1.54) is 7.11 Å². The molecule has 0 bridgehead atoms. The molecule has 0 spiro atoms. The monoisotopic (exact) mass is 392 g/mol. The quantitative estimate of drug-likeness (QED) is 0.414. The molecule has 0 N–H and O–H groups in total. The Balaban J connectivity index is 2.48. The highest BCUT2D eigenvalue weighted by Crippen LogP contribution is 2.45. The zero-order chi connectivity index (χ0) is 18.3. The van der Waals surface area contributed by atoms with Gasteiger partial charge in [0.2, 0.25) is 0 Å². The minimum atomic E-state index is -0.706. The van der Waals surface area contributed by atoms with E-state index < -0.39 is 30.1 Å². The van der Waals surface area contributed by atoms with E-state index in [9.17, 15) is 4.79 Å². The summed E-state index contributed by atoms with van der Waals surface area (Å²) in [5, 5.41) is 1.03. The van der Waals surface area contributed by atoms with E-state index in [1.807, 2.05) is 27.7 Å². The number of benzene rings is 1. The number of hydrogen-bond acceptors (Lipinski definition) is 4. The third-order valence-corrected chi connectivity index (χ3v) is 5.81. The fourth-order valence-corrected chi connectivity index (χ4v) is 3.35. The lowest BCUT2D eigenvalue weighted by atomic mass is 9.66. The minimum Gasteiger partial charge on any atom is -0.469 e. The highest BCUT2D eigenvalue weighted by Gasteiger charge is 2.55. The van der Waals surface area contributed by atoms with Crippen molar-refractivity contribution in [3.05, 3.63) is 32.8 Å². The molecule has 0 aromatic heterocycles. The number of carbonyl (C=O) groups is 1. The summed E-state index contributed by atoms with van der Waals surface area (Å²) in [5.41, 5.74) is -0.581. The van der Waals surface area contributed by atoms with Gasteiger partial charge in [0.25, 0.3) is 0 Å². The zero-order valence-corrected chi connectivity index (χ0v) is 16.6. The summed E-state index contributed by atoms with van der Waals surface area (Å²) in [6.07, 6.45) is 0.00705. The van der Waals surface area contributed by atoms with Crippen LogP contribution in [-0.2, 0) is 18.8 Å². The van der Waals surface area contributed by atoms with Crippen molar-refractivity contribution in [2.24, 2.45) is 0 Å². The first-order chi connectivity index (χ1) is 11.0. The van der Waals surface area contributed by atoms with E-state index in [-0.39, 0.29) is 11.4 Å². The summed E-state index contributed by atoms with van der Waals surface area (Å²) in [7, 11) is 0.618. The third-order valence-electron chi connectivity index (χ3n) is 4.66. The Morgan fingerprint density at radius 1 is 1.12 bits per heavy atom. The number of carbonyl (C=O) groups excluding carboxylic acids is 1. The van der Waals surface area contributed by atoms with Crippen molar-refractivity contribution >= 4 is 47.9 Å². The molecule has 1 aliphatic heterocycles. The van der Waals surface area contributed by atoms with Gasteiger partial charge in [-0.15, -0.1) is 0 Å². The van der Waals surface area contributed by atoms with E-state index >= 15 is 0 Å². The van der Waals surface area contributed by atoms with Crippen LogP contribution in [0.25, 0.3) is 0 Å². The van der Waals surface area contributed by atoms with Crippen molar-refractivity contribution in [2.75, 3.05) is 7.11 Å². The van der Waals surface area contributed by atoms with E-state index in [1.54, 1.807) is 12.1 Å². The molecule has 1 aliphatic rings. The molecule has 1 unspecified atom stereocenters. The van der Waals surface area contributed by atoms with Crippen LogP contribution < -0.4 is 0 Å². The number of hydrogen-bond donors (Lipinski definition) is 0. The van der Waals surface area contributed by atoms with E-state index in [2.05, 4.69) is 0 Å². The van der Waals surface area contributed by atoms with Gasteiger partial charge in [-0.1, -0.05) is 34.8 Å². The number of methoxy groups -OCH3 is 1. The predicted octanol–water partition coefficient (Wildman–Crippen LogP) is 4.92. The van der Waals surface area contributed by atoms with Crippen LogP contribution in [0.15, 0.2) is 12.1 Å². The summed E-state index contributed by atoms with van der Waals surface area (Å²) < 4.78 is 17.0. The second kappa shape index (κ2) is 7.04. The Bertz CT molecular complexity index is 632. The predicted molar refractivity (Wildman–Crippen MR) is 96.9 cm³/mol. The number of halogens is 3. The van der Waals surface area contributed by atoms with Crippen LogP contribution in [0.5, 0.6) is 0 Å². The van der Waals surface area contributed by atoms with Gasteiger partial charge in [-0.2, -0.15) is 0 Å². The zero-order valence-electron chi connectivity index (χ0n) is 14.3. The maximum Gasteiger partial charge on any atom is 0.466 e. The van der Waals surface area contributed by atoms with Crippen LogP contribution in [0.1, 0.15) is 45.5 Å². The van der Waals surface area contributed by atoms with Crippen molar-refractivity contribution in [1.29, 1.82) is 0 Å². The molecular weight excluding hydrogens is 373 g/mol. The van der Waals surface area contributed by atoms with Crippen LogP contribution in [0.3, 0.4) is 0 Å². The molecule has 0 amide bonds. The van der Waals surface area contributed by atoms with Crippen molar-refractivity contribution < 1.29 is 18.8 Å². The van der Waals surface area contributed by atoms with Gasteiger partial charge < -0.3 is 14.0 Å². The maximum absolute atomic E-state index is 11.9. The maximum atomic E-state index is 11.9. The molecule has 1 aromatic rings. The normalized spacial score (nSPS) is 20.1. The van der Waals surface area contributed by atoms with Gasteiger partial charge in [0.15, 0.2) is 0 Å². The smallest absolute Gasteiger partial charge is 0.466 e. The molecule has 24 heavy (non-hydrogen) atoms. The molecule has 1 aromatic carbocycles. The summed E-state index contributed by atoms with van der Waals surface area (Å²) in [6, 6.07) is 3.25. The standard InChI is InChI=1S/C16H20BCl3O4/c1-15(2)16(3,4)24-17(23-15)9(8-12(21)22-5)13-10(18)6-7-11(19)14(13)20/h6-7,9H,8H2,1-5H3. The molecule has 4 nitrogen and oxygen atoms in total. The second-order valence-corrected chi connectivity index (χ2v) is 7.96. The van der Waals surface area contributed by atoms with Crippen molar-refractivity contribution in [3.8, 4) is 0 Å². The van der Waals surface area contributed by atoms with E-state index in [0.717, 1.165) is 0 Å². The number of ether oxygens (including phenoxy) is 1. The first kappa shape index (κ1) is 19.9. The number of esters is 1. The van der Waals surface area contributed by atoms with Gasteiger partial charge in [0, 0.05) is 10.8 Å². The summed E-state index contributed by atoms with van der Waals surface area (Å²) in [5.74, 6) is -0.959. The lowest BCUT2D eigenvalue weighted by Gasteiger charge is -2.32. The first-order valence-electron chi connectivity index (χ1n) is 7.56. The highest BCUT2D eigenvalue weighted by atomic mass is 35.5. The molecule has 8 heteroatoms. The molecule has 1 saturated heterocycles. The molecule has 0 saturated carbocycles. The average Bonchev–Trinajstić information content (AvgIpc) is 2.70. The lowest BCUT2D eigenvalue weighted by molar-refractivity contribution is -0.140. The van der Waals surface area contributed by atoms with Crippen molar-refractivity contribution in [3.63, 3.8) is 0 Å². The lowest BCUT2D eigenvalue weighted by Crippen LogP contribution is -2.41. The Labute approximate surface area is 157 Å². The van der Waals surface area contributed by atoms with Crippen molar-refractivity contribution in [2.45, 2.75) is 51.1 Å². The molecule has 132 valence electrons. The van der Waals surface area contributed by atoms with Crippen LogP contribution in [0.2, 0.25) is 15.1 Å². The molecule has 0 radical (unpaired) electrons. The molecular formula is C16H20BCl3O4. The van der Waals surface area contributed by atoms with Gasteiger partial charge in [0.05, 0.1) is 34.8 Å². The fraction of sp³-hybridized carbons (Fsp3) is 0.562. The Kier molecular flexibility index (Phi) is 5.83. The van der Waals surface area contributed by atoms with Crippen LogP contribution in [0.4, 0.5) is 0 Å². The molecule has 1 heterocycles. The average molecular weight is 394 g/mol. The van der Waals surface area contributed by atoms with Gasteiger partial charge in [-0.3, -0.25) is 4.79 Å².